The number of aromatic hydroxyl groups is 1. The van der Waals surface area contributed by atoms with E-state index in [9.17, 15) is 14.7 Å². The molecular weight excluding hydrogens is 784 g/mol. The maximum atomic E-state index is 11.7. The van der Waals surface area contributed by atoms with E-state index in [0.717, 1.165) is 60.9 Å². The van der Waals surface area contributed by atoms with E-state index in [-0.39, 0.29) is 24.3 Å². The lowest BCUT2D eigenvalue weighted by atomic mass is 10.1. The Morgan fingerprint density at radius 2 is 1.29 bits per heavy atom. The Hall–Kier alpha value is -1.74. The van der Waals surface area contributed by atoms with Crippen LogP contribution < -0.4 is 4.74 Å². The fraction of sp³-hybridized carbons (Fsp3) is 0.562. The van der Waals surface area contributed by atoms with Gasteiger partial charge in [-0.25, -0.2) is 9.59 Å². The molecule has 2 aliphatic rings. The Morgan fingerprint density at radius 1 is 0.778 bits per heavy atom. The van der Waals surface area contributed by atoms with Crippen molar-refractivity contribution in [3.63, 3.8) is 0 Å². The summed E-state index contributed by atoms with van der Waals surface area (Å²) in [6, 6.07) is 6.70. The van der Waals surface area contributed by atoms with Crippen LogP contribution in [0.4, 0.5) is 0 Å². The number of carbonyl (C=O) groups excluding carboxylic acids is 2. The van der Waals surface area contributed by atoms with Crippen LogP contribution in [-0.2, 0) is 28.4 Å². The lowest BCUT2D eigenvalue weighted by Crippen LogP contribution is -2.24. The molecule has 2 atom stereocenters. The molecule has 0 saturated carbocycles. The highest BCUT2D eigenvalue weighted by molar-refractivity contribution is 9.11. The van der Waals surface area contributed by atoms with Gasteiger partial charge in [0.05, 0.1) is 47.5 Å². The summed E-state index contributed by atoms with van der Waals surface area (Å²) in [6.45, 7) is 6.71. The summed E-state index contributed by atoms with van der Waals surface area (Å²) < 4.78 is 38.3. The maximum Gasteiger partial charge on any atom is 0.338 e. The van der Waals surface area contributed by atoms with Crippen molar-refractivity contribution in [1.82, 2.24) is 0 Å². The SMILES string of the molecule is BrCCOC1CCCCO1.COC(=O)c1ccc(Br)c(O)c1C.COC(=O)c1ccc(Br)c(OCCOC2CCCCO2)c1C. The van der Waals surface area contributed by atoms with Crippen LogP contribution in [0.25, 0.3) is 0 Å². The van der Waals surface area contributed by atoms with Crippen molar-refractivity contribution in [2.24, 2.45) is 0 Å². The minimum Gasteiger partial charge on any atom is -0.506 e. The molecule has 2 fully saturated rings. The van der Waals surface area contributed by atoms with Gasteiger partial charge >= 0.3 is 11.9 Å². The maximum absolute atomic E-state index is 11.7. The Labute approximate surface area is 290 Å². The second kappa shape index (κ2) is 21.9. The number of phenolic OH excluding ortho intramolecular Hbond substituents is 1. The summed E-state index contributed by atoms with van der Waals surface area (Å²) in [5.41, 5.74) is 2.14. The number of phenols is 1. The number of hydrogen-bond acceptors (Lipinski definition) is 10. The van der Waals surface area contributed by atoms with Gasteiger partial charge < -0.3 is 38.3 Å². The summed E-state index contributed by atoms with van der Waals surface area (Å²) in [6.07, 6.45) is 6.61. The molecule has 2 unspecified atom stereocenters. The van der Waals surface area contributed by atoms with Crippen LogP contribution in [-0.4, -0.2) is 82.2 Å². The normalized spacial score (nSPS) is 17.6. The largest absolute Gasteiger partial charge is 0.506 e. The summed E-state index contributed by atoms with van der Waals surface area (Å²) in [5.74, 6) is -0.110. The molecule has 2 aliphatic heterocycles. The fourth-order valence-corrected chi connectivity index (χ4v) is 5.51. The molecule has 252 valence electrons. The molecule has 1 N–H and O–H groups in total. The van der Waals surface area contributed by atoms with Gasteiger partial charge in [0, 0.05) is 29.7 Å². The number of esters is 2. The highest BCUT2D eigenvalue weighted by atomic mass is 79.9. The first-order valence-corrected chi connectivity index (χ1v) is 17.4. The first kappa shape index (κ1) is 39.4. The van der Waals surface area contributed by atoms with Gasteiger partial charge in [0.15, 0.2) is 12.6 Å². The molecule has 0 aliphatic carbocycles. The van der Waals surface area contributed by atoms with E-state index >= 15 is 0 Å². The topological polar surface area (TPSA) is 119 Å². The highest BCUT2D eigenvalue weighted by Gasteiger charge is 2.18. The molecule has 2 aromatic rings. The van der Waals surface area contributed by atoms with Crippen molar-refractivity contribution in [3.05, 3.63) is 55.5 Å². The first-order chi connectivity index (χ1) is 21.6. The number of benzene rings is 2. The molecule has 0 spiro atoms. The molecule has 2 aromatic carbocycles. The molecule has 0 aromatic heterocycles. The van der Waals surface area contributed by atoms with E-state index < -0.39 is 5.97 Å². The molecule has 2 saturated heterocycles. The summed E-state index contributed by atoms with van der Waals surface area (Å²) >= 11 is 9.88. The Balaban J connectivity index is 0.000000259. The Bertz CT molecular complexity index is 1200. The number of methoxy groups -OCH3 is 2. The predicted octanol–water partition coefficient (Wildman–Crippen LogP) is 7.64. The van der Waals surface area contributed by atoms with Crippen LogP contribution in [0.15, 0.2) is 33.2 Å². The van der Waals surface area contributed by atoms with Crippen molar-refractivity contribution in [1.29, 1.82) is 0 Å². The van der Waals surface area contributed by atoms with Gasteiger partial charge in [-0.15, -0.1) is 0 Å². The van der Waals surface area contributed by atoms with Crippen molar-refractivity contribution in [2.75, 3.05) is 52.6 Å². The van der Waals surface area contributed by atoms with Crippen molar-refractivity contribution >= 4 is 59.7 Å². The van der Waals surface area contributed by atoms with E-state index in [2.05, 4.69) is 52.5 Å². The second-order valence-electron chi connectivity index (χ2n) is 9.97. The number of halogens is 3. The molecule has 0 amide bonds. The smallest absolute Gasteiger partial charge is 0.338 e. The lowest BCUT2D eigenvalue weighted by molar-refractivity contribution is -0.165. The minimum atomic E-state index is -0.444. The van der Waals surface area contributed by atoms with Crippen LogP contribution in [0.5, 0.6) is 11.5 Å². The average Bonchev–Trinajstić information content (AvgIpc) is 3.07. The van der Waals surface area contributed by atoms with Gasteiger partial charge in [-0.1, -0.05) is 15.9 Å². The standard InChI is InChI=1S/C16H21BrO5.C9H9BrO3.C7H13BrO2/c1-11-12(16(18)19-2)6-7-13(17)15(11)22-10-9-21-14-5-3-4-8-20-14;1-5-6(9(12)13-2)3-4-7(10)8(5)11;8-4-6-10-7-3-1-2-5-9-7/h6-7,14H,3-5,8-10H2,1-2H3;3-4,11H,1-2H3;7H,1-6H2. The number of carbonyl (C=O) groups is 2. The van der Waals surface area contributed by atoms with E-state index in [1.807, 2.05) is 6.92 Å². The van der Waals surface area contributed by atoms with Gasteiger partial charge in [-0.2, -0.15) is 0 Å². The average molecular weight is 827 g/mol. The molecule has 10 nitrogen and oxygen atoms in total. The molecule has 13 heteroatoms. The zero-order chi connectivity index (χ0) is 33.2. The van der Waals surface area contributed by atoms with Gasteiger partial charge in [-0.05, 0) is 108 Å². The van der Waals surface area contributed by atoms with Gasteiger partial charge in [0.2, 0.25) is 0 Å². The van der Waals surface area contributed by atoms with Crippen LogP contribution in [0, 0.1) is 13.8 Å². The zero-order valence-electron chi connectivity index (χ0n) is 26.2. The first-order valence-electron chi connectivity index (χ1n) is 14.7. The summed E-state index contributed by atoms with van der Waals surface area (Å²) in [7, 11) is 2.67. The van der Waals surface area contributed by atoms with E-state index in [1.54, 1.807) is 31.2 Å². The van der Waals surface area contributed by atoms with E-state index in [0.29, 0.717) is 40.1 Å². The van der Waals surface area contributed by atoms with Crippen molar-refractivity contribution in [2.45, 2.75) is 65.0 Å². The zero-order valence-corrected chi connectivity index (χ0v) is 31.0. The molecule has 4 rings (SSSR count). The number of rotatable bonds is 10. The van der Waals surface area contributed by atoms with E-state index in [4.69, 9.17) is 28.4 Å². The Kier molecular flexibility index (Phi) is 19.2. The Morgan fingerprint density at radius 3 is 1.78 bits per heavy atom. The van der Waals surface area contributed by atoms with Gasteiger partial charge in [-0.3, -0.25) is 0 Å². The number of hydrogen-bond donors (Lipinski definition) is 1. The monoisotopic (exact) mass is 824 g/mol. The van der Waals surface area contributed by atoms with Crippen molar-refractivity contribution in [3.8, 4) is 11.5 Å². The molecule has 0 bridgehead atoms. The summed E-state index contributed by atoms with van der Waals surface area (Å²) in [4.78, 5) is 22.8. The van der Waals surface area contributed by atoms with E-state index in [1.165, 1.54) is 27.1 Å². The predicted molar refractivity (Wildman–Crippen MR) is 180 cm³/mol. The van der Waals surface area contributed by atoms with Crippen LogP contribution in [0.2, 0.25) is 0 Å². The quantitative estimate of drug-likeness (QED) is 0.146. The highest BCUT2D eigenvalue weighted by Crippen LogP contribution is 2.32. The third-order valence-corrected chi connectivity index (χ3v) is 8.43. The van der Waals surface area contributed by atoms with Gasteiger partial charge in [0.25, 0.3) is 0 Å². The lowest BCUT2D eigenvalue weighted by Gasteiger charge is -2.22. The van der Waals surface area contributed by atoms with Crippen LogP contribution in [0.1, 0.15) is 70.4 Å². The minimum absolute atomic E-state index is 0.0721. The molecule has 2 heterocycles. The van der Waals surface area contributed by atoms with Crippen LogP contribution >= 0.6 is 47.8 Å². The second-order valence-corrected chi connectivity index (χ2v) is 12.5. The number of ether oxygens (including phenoxy) is 7. The summed E-state index contributed by atoms with van der Waals surface area (Å²) in [5, 5.41) is 10.4. The molecular formula is C32H43Br3O10. The fourth-order valence-electron chi connectivity index (χ4n) is 4.35. The number of alkyl halides is 1. The molecule has 45 heavy (non-hydrogen) atoms. The third-order valence-electron chi connectivity index (χ3n) is 6.84. The van der Waals surface area contributed by atoms with Crippen LogP contribution in [0.3, 0.4) is 0 Å². The van der Waals surface area contributed by atoms with Gasteiger partial charge in [0.1, 0.15) is 18.1 Å². The third kappa shape index (κ3) is 13.5. The molecule has 0 radical (unpaired) electrons. The van der Waals surface area contributed by atoms with Crippen molar-refractivity contribution < 1.29 is 47.9 Å².